The zero-order valence-electron chi connectivity index (χ0n) is 18.5. The molecule has 6 atom stereocenters. The van der Waals surface area contributed by atoms with Crippen molar-refractivity contribution in [3.63, 3.8) is 0 Å². The van der Waals surface area contributed by atoms with E-state index >= 15 is 0 Å². The molecule has 0 fully saturated rings. The summed E-state index contributed by atoms with van der Waals surface area (Å²) in [5.41, 5.74) is 0. The Hall–Kier alpha value is 0.340. The van der Waals surface area contributed by atoms with Gasteiger partial charge in [0.15, 0.2) is 0 Å². The van der Waals surface area contributed by atoms with Crippen LogP contribution in [0.1, 0.15) is 65.7 Å². The zero-order chi connectivity index (χ0) is 21.7. The fourth-order valence-corrected chi connectivity index (χ4v) is 4.36. The molecule has 0 amide bonds. The topological polar surface area (TPSA) is 18.5 Å². The standard InChI is InChI=1S/C23H42O2P4/c1-4-6-8-10-11-12-13-18-22(25-29(27)28)19-16-15-17-21(3)23(24-26)20-14-9-7-5-2/h6,8,11-13,15-19,21-23H,4-5,7,9-10,14,20,26-28H2,1-3H3/b8-6-,12-11-,17-15+,18-13+,19-16+. The lowest BCUT2D eigenvalue weighted by molar-refractivity contribution is 0.180. The minimum absolute atomic E-state index is 0.0327. The Bertz CT molecular complexity index is 513. The Morgan fingerprint density at radius 1 is 0.862 bits per heavy atom. The Morgan fingerprint density at radius 2 is 1.55 bits per heavy atom. The molecular weight excluding hydrogens is 432 g/mol. The van der Waals surface area contributed by atoms with Gasteiger partial charge in [0.1, 0.15) is 0 Å². The molecule has 6 unspecified atom stereocenters. The maximum absolute atomic E-state index is 5.95. The van der Waals surface area contributed by atoms with E-state index in [4.69, 9.17) is 9.05 Å². The van der Waals surface area contributed by atoms with Crippen molar-refractivity contribution in [1.29, 1.82) is 0 Å². The highest BCUT2D eigenvalue weighted by Gasteiger charge is 2.13. The molecule has 0 aromatic carbocycles. The van der Waals surface area contributed by atoms with E-state index in [2.05, 4.69) is 109 Å². The molecular formula is C23H42O2P4. The highest BCUT2D eigenvalue weighted by atomic mass is 32.4. The molecule has 2 nitrogen and oxygen atoms in total. The summed E-state index contributed by atoms with van der Waals surface area (Å²) in [4.78, 5) is 0. The molecule has 0 bridgehead atoms. The van der Waals surface area contributed by atoms with Gasteiger partial charge < -0.3 is 9.05 Å². The minimum Gasteiger partial charge on any atom is -0.362 e. The minimum atomic E-state index is -0.580. The van der Waals surface area contributed by atoms with Crippen LogP contribution in [-0.4, -0.2) is 12.2 Å². The summed E-state index contributed by atoms with van der Waals surface area (Å²) in [7, 11) is 7.29. The lowest BCUT2D eigenvalue weighted by Gasteiger charge is -2.19. The summed E-state index contributed by atoms with van der Waals surface area (Å²) in [6, 6.07) is 0. The average Bonchev–Trinajstić information content (AvgIpc) is 2.69. The lowest BCUT2D eigenvalue weighted by atomic mass is 9.98. The molecule has 0 saturated heterocycles. The number of rotatable bonds is 17. The van der Waals surface area contributed by atoms with Crippen LogP contribution in [0, 0.1) is 5.92 Å². The molecule has 0 saturated carbocycles. The quantitative estimate of drug-likeness (QED) is 0.0908. The maximum atomic E-state index is 5.95. The number of hydrogen-bond donors (Lipinski definition) is 0. The third kappa shape index (κ3) is 18.8. The van der Waals surface area contributed by atoms with E-state index in [1.54, 1.807) is 0 Å². The largest absolute Gasteiger partial charge is 0.362 e. The van der Waals surface area contributed by atoms with Crippen LogP contribution in [0.2, 0.25) is 0 Å². The van der Waals surface area contributed by atoms with Crippen LogP contribution >= 0.6 is 34.8 Å². The van der Waals surface area contributed by atoms with Crippen molar-refractivity contribution in [2.45, 2.75) is 77.9 Å². The summed E-state index contributed by atoms with van der Waals surface area (Å²) in [5.74, 6) is 0.383. The first kappa shape index (κ1) is 29.3. The molecule has 0 aliphatic heterocycles. The van der Waals surface area contributed by atoms with Crippen molar-refractivity contribution in [3.8, 4) is 0 Å². The smallest absolute Gasteiger partial charge is 0.0995 e. The van der Waals surface area contributed by atoms with E-state index < -0.39 is 7.53 Å². The van der Waals surface area contributed by atoms with Crippen LogP contribution in [0.4, 0.5) is 0 Å². The third-order valence-corrected chi connectivity index (χ3v) is 5.96. The molecule has 0 aromatic heterocycles. The van der Waals surface area contributed by atoms with Gasteiger partial charge in [-0.3, -0.25) is 0 Å². The average molecular weight is 474 g/mol. The van der Waals surface area contributed by atoms with Crippen molar-refractivity contribution < 1.29 is 9.05 Å². The van der Waals surface area contributed by atoms with Gasteiger partial charge in [-0.1, -0.05) is 125 Å². The van der Waals surface area contributed by atoms with Crippen LogP contribution in [0.5, 0.6) is 0 Å². The van der Waals surface area contributed by atoms with E-state index in [1.165, 1.54) is 25.7 Å². The van der Waals surface area contributed by atoms with E-state index in [-0.39, 0.29) is 12.2 Å². The molecule has 0 aliphatic carbocycles. The highest BCUT2D eigenvalue weighted by molar-refractivity contribution is 8.41. The molecule has 0 aromatic rings. The van der Waals surface area contributed by atoms with E-state index in [0.29, 0.717) is 5.92 Å². The first-order valence-corrected chi connectivity index (χ1v) is 15.7. The SMILES string of the molecule is CC/C=C\C/C=C\C=C\C(/C=C/C=C/C(C)C(CCCCCC)OP)OP(P)P. The van der Waals surface area contributed by atoms with Crippen LogP contribution in [0.15, 0.2) is 60.8 Å². The second-order valence-electron chi connectivity index (χ2n) is 7.01. The van der Waals surface area contributed by atoms with Crippen LogP contribution in [-0.2, 0) is 9.05 Å². The second-order valence-corrected chi connectivity index (χ2v) is 13.1. The van der Waals surface area contributed by atoms with Gasteiger partial charge in [0, 0.05) is 15.4 Å². The molecule has 29 heavy (non-hydrogen) atoms. The number of allylic oxidation sites excluding steroid dienone is 7. The van der Waals surface area contributed by atoms with E-state index in [1.807, 2.05) is 0 Å². The normalized spacial score (nSPS) is 16.4. The molecule has 0 spiro atoms. The maximum Gasteiger partial charge on any atom is 0.0995 e. The van der Waals surface area contributed by atoms with Gasteiger partial charge in [-0.05, 0) is 19.3 Å². The monoisotopic (exact) mass is 474 g/mol. The Kier molecular flexibility index (Phi) is 21.8. The molecule has 0 heterocycles. The highest BCUT2D eigenvalue weighted by Crippen LogP contribution is 2.54. The fraction of sp³-hybridized carbons (Fsp3) is 0.565. The van der Waals surface area contributed by atoms with Crippen molar-refractivity contribution in [1.82, 2.24) is 0 Å². The van der Waals surface area contributed by atoms with Gasteiger partial charge in [0.25, 0.3) is 0 Å². The summed E-state index contributed by atoms with van der Waals surface area (Å²) < 4.78 is 11.6. The van der Waals surface area contributed by atoms with E-state index in [0.717, 1.165) is 19.3 Å². The first-order chi connectivity index (χ1) is 14.0. The molecule has 0 radical (unpaired) electrons. The van der Waals surface area contributed by atoms with Crippen molar-refractivity contribution in [2.75, 3.05) is 0 Å². The zero-order valence-corrected chi connectivity index (χ0v) is 22.8. The molecule has 0 N–H and O–H groups in total. The van der Waals surface area contributed by atoms with Crippen molar-refractivity contribution >= 4 is 34.8 Å². The summed E-state index contributed by atoms with van der Waals surface area (Å²) in [6.45, 7) is 6.61. The van der Waals surface area contributed by atoms with Crippen LogP contribution in [0.3, 0.4) is 0 Å². The second kappa shape index (κ2) is 21.6. The summed E-state index contributed by atoms with van der Waals surface area (Å²) >= 11 is 0. The molecule has 0 rings (SSSR count). The van der Waals surface area contributed by atoms with Crippen molar-refractivity contribution in [3.05, 3.63) is 60.8 Å². The third-order valence-electron chi connectivity index (χ3n) is 4.40. The predicted octanol–water partition coefficient (Wildman–Crippen LogP) is 8.71. The van der Waals surface area contributed by atoms with Gasteiger partial charge >= 0.3 is 0 Å². The molecule has 166 valence electrons. The Balaban J connectivity index is 4.59. The summed E-state index contributed by atoms with van der Waals surface area (Å²) in [6.07, 6.45) is 29.7. The number of unbranched alkanes of at least 4 members (excludes halogenated alkanes) is 3. The first-order valence-electron chi connectivity index (χ1n) is 10.7. The van der Waals surface area contributed by atoms with Gasteiger partial charge in [0.2, 0.25) is 0 Å². The Labute approximate surface area is 188 Å². The van der Waals surface area contributed by atoms with Gasteiger partial charge in [0.05, 0.1) is 19.7 Å². The summed E-state index contributed by atoms with van der Waals surface area (Å²) in [5, 5.41) is 0. The molecule has 0 aliphatic rings. The van der Waals surface area contributed by atoms with Crippen molar-refractivity contribution in [2.24, 2.45) is 5.92 Å². The predicted molar refractivity (Wildman–Crippen MR) is 144 cm³/mol. The van der Waals surface area contributed by atoms with Gasteiger partial charge in [-0.25, -0.2) is 0 Å². The Morgan fingerprint density at radius 3 is 2.17 bits per heavy atom. The lowest BCUT2D eigenvalue weighted by Crippen LogP contribution is -2.16. The molecule has 6 heteroatoms. The van der Waals surface area contributed by atoms with Gasteiger partial charge in [-0.2, -0.15) is 0 Å². The van der Waals surface area contributed by atoms with Gasteiger partial charge in [-0.15, -0.1) is 0 Å². The van der Waals surface area contributed by atoms with Crippen LogP contribution in [0.25, 0.3) is 0 Å². The van der Waals surface area contributed by atoms with Crippen LogP contribution < -0.4 is 0 Å². The fourth-order valence-electron chi connectivity index (χ4n) is 2.71. The number of hydrogen-bond acceptors (Lipinski definition) is 2. The van der Waals surface area contributed by atoms with E-state index in [9.17, 15) is 0 Å².